The van der Waals surface area contributed by atoms with Gasteiger partial charge in [-0.2, -0.15) is 0 Å². The zero-order valence-electron chi connectivity index (χ0n) is 14.3. The maximum absolute atomic E-state index is 10.8. The highest BCUT2D eigenvalue weighted by Crippen LogP contribution is 2.19. The molecule has 0 aliphatic rings. The number of carboxylic acid groups (broad SMARTS) is 2. The van der Waals surface area contributed by atoms with Crippen LogP contribution in [-0.4, -0.2) is 47.4 Å². The van der Waals surface area contributed by atoms with Crippen LogP contribution in [-0.2, 0) is 14.3 Å². The van der Waals surface area contributed by atoms with Gasteiger partial charge in [-0.1, -0.05) is 41.5 Å². The summed E-state index contributed by atoms with van der Waals surface area (Å²) in [5, 5.41) is 19.4. The molecule has 0 bridgehead atoms. The summed E-state index contributed by atoms with van der Waals surface area (Å²) in [6.45, 7) is 10.6. The molecule has 1 amide bonds. The van der Waals surface area contributed by atoms with Crippen LogP contribution in [0.5, 0.6) is 0 Å². The zero-order chi connectivity index (χ0) is 18.3. The third-order valence-electron chi connectivity index (χ3n) is 2.76. The van der Waals surface area contributed by atoms with Gasteiger partial charge >= 0.3 is 18.0 Å². The maximum Gasteiger partial charge on any atom is 0.407 e. The summed E-state index contributed by atoms with van der Waals surface area (Å²) in [6.07, 6.45) is -0.734. The number of hydrogen-bond acceptors (Lipinski definition) is 5. The van der Waals surface area contributed by atoms with Crippen LogP contribution in [0.1, 0.15) is 41.5 Å². The van der Waals surface area contributed by atoms with E-state index in [4.69, 9.17) is 15.9 Å². The zero-order valence-corrected chi connectivity index (χ0v) is 14.3. The van der Waals surface area contributed by atoms with Gasteiger partial charge in [0.05, 0.1) is 7.11 Å². The van der Waals surface area contributed by atoms with Gasteiger partial charge in [-0.3, -0.25) is 4.79 Å². The van der Waals surface area contributed by atoms with Gasteiger partial charge in [0.2, 0.25) is 0 Å². The average molecular weight is 320 g/mol. The quantitative estimate of drug-likeness (QED) is 0.614. The SMILES string of the molecule is CC(C)(C)[C@H](N)C(=O)O.COC(=O)N[C@H](C(=O)O)C(C)(C)C. The summed E-state index contributed by atoms with van der Waals surface area (Å²) in [4.78, 5) is 31.7. The van der Waals surface area contributed by atoms with Crippen molar-refractivity contribution < 1.29 is 29.3 Å². The van der Waals surface area contributed by atoms with E-state index < -0.39 is 35.5 Å². The van der Waals surface area contributed by atoms with Crippen LogP contribution in [0.3, 0.4) is 0 Å². The van der Waals surface area contributed by atoms with Crippen molar-refractivity contribution >= 4 is 18.0 Å². The number of aliphatic carboxylic acids is 2. The topological polar surface area (TPSA) is 139 Å². The molecular weight excluding hydrogens is 292 g/mol. The Morgan fingerprint density at radius 1 is 0.955 bits per heavy atom. The van der Waals surface area contributed by atoms with E-state index >= 15 is 0 Å². The van der Waals surface area contributed by atoms with Crippen LogP contribution < -0.4 is 11.1 Å². The molecule has 0 rings (SSSR count). The highest BCUT2D eigenvalue weighted by atomic mass is 16.5. The molecule has 130 valence electrons. The largest absolute Gasteiger partial charge is 0.480 e. The summed E-state index contributed by atoms with van der Waals surface area (Å²) < 4.78 is 4.31. The van der Waals surface area contributed by atoms with Crippen LogP contribution >= 0.6 is 0 Å². The highest BCUT2D eigenvalue weighted by molar-refractivity contribution is 5.80. The summed E-state index contributed by atoms with van der Waals surface area (Å²) >= 11 is 0. The van der Waals surface area contributed by atoms with Gasteiger partial charge in [-0.15, -0.1) is 0 Å². The molecule has 0 aliphatic carbocycles. The van der Waals surface area contributed by atoms with Crippen molar-refractivity contribution in [2.45, 2.75) is 53.6 Å². The number of hydrogen-bond donors (Lipinski definition) is 4. The predicted molar refractivity (Wildman–Crippen MR) is 81.5 cm³/mol. The molecule has 2 atom stereocenters. The van der Waals surface area contributed by atoms with Gasteiger partial charge in [0.25, 0.3) is 0 Å². The molecular formula is C14H28N2O6. The number of nitrogens with one attached hydrogen (secondary N) is 1. The van der Waals surface area contributed by atoms with Crippen LogP contribution in [0.25, 0.3) is 0 Å². The number of ether oxygens (including phenoxy) is 1. The second-order valence-corrected chi connectivity index (χ2v) is 6.96. The standard InChI is InChI=1S/C8H15NO4.C6H13NO2/c1-8(2,3)5(6(10)11)9-7(12)13-4;1-6(2,3)4(7)5(8)9/h5H,1-4H3,(H,9,12)(H,10,11);4H,7H2,1-3H3,(H,8,9)/t5-;4-/m11/s1. The molecule has 5 N–H and O–H groups in total. The van der Waals surface area contributed by atoms with Crippen molar-refractivity contribution in [3.8, 4) is 0 Å². The number of carbonyl (C=O) groups excluding carboxylic acids is 1. The molecule has 0 unspecified atom stereocenters. The normalized spacial score (nSPS) is 14.0. The first kappa shape index (κ1) is 22.5. The van der Waals surface area contributed by atoms with E-state index in [1.54, 1.807) is 41.5 Å². The Labute approximate surface area is 131 Å². The minimum Gasteiger partial charge on any atom is -0.480 e. The van der Waals surface area contributed by atoms with E-state index in [1.807, 2.05) is 0 Å². The van der Waals surface area contributed by atoms with Gasteiger partial charge in [-0.25, -0.2) is 9.59 Å². The van der Waals surface area contributed by atoms with Crippen molar-refractivity contribution in [1.29, 1.82) is 0 Å². The van der Waals surface area contributed by atoms with Gasteiger partial charge in [0.15, 0.2) is 0 Å². The van der Waals surface area contributed by atoms with E-state index in [0.717, 1.165) is 0 Å². The van der Waals surface area contributed by atoms with Crippen molar-refractivity contribution in [2.24, 2.45) is 16.6 Å². The highest BCUT2D eigenvalue weighted by Gasteiger charge is 2.32. The molecule has 0 aromatic carbocycles. The number of carbonyl (C=O) groups is 3. The van der Waals surface area contributed by atoms with Crippen molar-refractivity contribution in [1.82, 2.24) is 5.32 Å². The monoisotopic (exact) mass is 320 g/mol. The predicted octanol–water partition coefficient (Wildman–Crippen LogP) is 1.29. The van der Waals surface area contributed by atoms with Crippen LogP contribution in [0.15, 0.2) is 0 Å². The number of alkyl carbamates (subject to hydrolysis) is 1. The van der Waals surface area contributed by atoms with Crippen LogP contribution in [0.2, 0.25) is 0 Å². The lowest BCUT2D eigenvalue weighted by Gasteiger charge is -2.26. The Bertz CT molecular complexity index is 395. The van der Waals surface area contributed by atoms with Gasteiger partial charge in [-0.05, 0) is 10.8 Å². The molecule has 0 heterocycles. The molecule has 8 nitrogen and oxygen atoms in total. The number of methoxy groups -OCH3 is 1. The fraction of sp³-hybridized carbons (Fsp3) is 0.786. The number of amides is 1. The number of nitrogens with two attached hydrogens (primary N) is 1. The first-order chi connectivity index (χ1) is 9.64. The molecule has 22 heavy (non-hydrogen) atoms. The molecule has 0 spiro atoms. The fourth-order valence-electron chi connectivity index (χ4n) is 1.20. The second-order valence-electron chi connectivity index (χ2n) is 6.96. The second kappa shape index (κ2) is 8.57. The number of rotatable bonds is 3. The van der Waals surface area contributed by atoms with Crippen LogP contribution in [0, 0.1) is 10.8 Å². The maximum atomic E-state index is 10.8. The van der Waals surface area contributed by atoms with E-state index in [2.05, 4.69) is 10.1 Å². The molecule has 0 aromatic heterocycles. The smallest absolute Gasteiger partial charge is 0.407 e. The van der Waals surface area contributed by atoms with Gasteiger partial charge in [0.1, 0.15) is 12.1 Å². The van der Waals surface area contributed by atoms with Crippen molar-refractivity contribution in [3.05, 3.63) is 0 Å². The van der Waals surface area contributed by atoms with Crippen molar-refractivity contribution in [3.63, 3.8) is 0 Å². The van der Waals surface area contributed by atoms with Crippen molar-refractivity contribution in [2.75, 3.05) is 7.11 Å². The molecule has 0 saturated heterocycles. The first-order valence-electron chi connectivity index (χ1n) is 6.70. The summed E-state index contributed by atoms with van der Waals surface area (Å²) in [6, 6.07) is -1.71. The first-order valence-corrected chi connectivity index (χ1v) is 6.70. The van der Waals surface area contributed by atoms with E-state index in [1.165, 1.54) is 7.11 Å². The molecule has 0 fully saturated rings. The Kier molecular flexibility index (Phi) is 8.75. The average Bonchev–Trinajstić information content (AvgIpc) is 2.32. The lowest BCUT2D eigenvalue weighted by molar-refractivity contribution is -0.142. The molecule has 0 saturated carbocycles. The molecule has 8 heteroatoms. The summed E-state index contributed by atoms with van der Waals surface area (Å²) in [7, 11) is 1.19. The molecule has 0 radical (unpaired) electrons. The number of carboxylic acids is 2. The van der Waals surface area contributed by atoms with E-state index in [0.29, 0.717) is 0 Å². The molecule has 0 aliphatic heterocycles. The van der Waals surface area contributed by atoms with E-state index in [9.17, 15) is 14.4 Å². The Hall–Kier alpha value is -1.83. The third-order valence-corrected chi connectivity index (χ3v) is 2.76. The summed E-state index contributed by atoms with van der Waals surface area (Å²) in [5.41, 5.74) is 4.41. The fourth-order valence-corrected chi connectivity index (χ4v) is 1.20. The van der Waals surface area contributed by atoms with Gasteiger partial charge in [0, 0.05) is 0 Å². The lowest BCUT2D eigenvalue weighted by atomic mass is 9.87. The minimum absolute atomic E-state index is 0.341. The van der Waals surface area contributed by atoms with Crippen LogP contribution in [0.4, 0.5) is 4.79 Å². The summed E-state index contributed by atoms with van der Waals surface area (Å²) in [5.74, 6) is -2.01. The Morgan fingerprint density at radius 3 is 1.50 bits per heavy atom. The van der Waals surface area contributed by atoms with E-state index in [-0.39, 0.29) is 5.41 Å². The Morgan fingerprint density at radius 2 is 1.36 bits per heavy atom. The Balaban J connectivity index is 0. The lowest BCUT2D eigenvalue weighted by Crippen LogP contribution is -2.49. The van der Waals surface area contributed by atoms with Gasteiger partial charge < -0.3 is 26.0 Å². The third kappa shape index (κ3) is 9.17. The molecule has 0 aromatic rings. The minimum atomic E-state index is -1.07.